The summed E-state index contributed by atoms with van der Waals surface area (Å²) in [5.41, 5.74) is 1.55. The number of nitrogens with one attached hydrogen (secondary N) is 1. The molecule has 0 radical (unpaired) electrons. The van der Waals surface area contributed by atoms with Crippen molar-refractivity contribution in [2.24, 2.45) is 0 Å². The van der Waals surface area contributed by atoms with E-state index in [9.17, 15) is 4.79 Å². The number of hydrogen-bond donors (Lipinski definition) is 1. The van der Waals surface area contributed by atoms with Crippen molar-refractivity contribution in [1.29, 1.82) is 0 Å². The minimum atomic E-state index is -0.207. The first-order valence-corrected chi connectivity index (χ1v) is 8.58. The molecule has 1 N–H and O–H groups in total. The summed E-state index contributed by atoms with van der Waals surface area (Å²) in [6, 6.07) is 3.45. The predicted octanol–water partition coefficient (Wildman–Crippen LogP) is 3.89. The number of halogens is 1. The van der Waals surface area contributed by atoms with Gasteiger partial charge in [0.25, 0.3) is 5.91 Å². The molecule has 118 valence electrons. The average molecular weight is 432 g/mol. The lowest BCUT2D eigenvalue weighted by Gasteiger charge is -2.11. The summed E-state index contributed by atoms with van der Waals surface area (Å²) in [5, 5.41) is 3.47. The second kappa shape index (κ2) is 7.28. The van der Waals surface area contributed by atoms with Crippen LogP contribution in [0.2, 0.25) is 0 Å². The Hall–Kier alpha value is -1.35. The zero-order chi connectivity index (χ0) is 16.3. The van der Waals surface area contributed by atoms with Gasteiger partial charge in [-0.05, 0) is 48.1 Å². The van der Waals surface area contributed by atoms with E-state index in [1.807, 2.05) is 13.8 Å². The number of anilines is 1. The van der Waals surface area contributed by atoms with Crippen LogP contribution in [0, 0.1) is 10.5 Å². The number of nitrogens with zero attached hydrogens (tertiary/aromatic N) is 1. The van der Waals surface area contributed by atoms with Crippen molar-refractivity contribution >= 4 is 45.0 Å². The van der Waals surface area contributed by atoms with Crippen molar-refractivity contribution in [2.45, 2.75) is 20.3 Å². The largest absolute Gasteiger partial charge is 0.493 e. The van der Waals surface area contributed by atoms with Gasteiger partial charge in [-0.2, -0.15) is 0 Å². The van der Waals surface area contributed by atoms with Crippen LogP contribution >= 0.6 is 33.9 Å². The molecule has 1 aromatic heterocycles. The highest BCUT2D eigenvalue weighted by atomic mass is 127. The summed E-state index contributed by atoms with van der Waals surface area (Å²) in [6.45, 7) is 4.05. The van der Waals surface area contributed by atoms with Gasteiger partial charge in [0.2, 0.25) is 0 Å². The topological polar surface area (TPSA) is 60.5 Å². The normalized spacial score (nSPS) is 10.4. The van der Waals surface area contributed by atoms with Gasteiger partial charge in [0.05, 0.1) is 25.5 Å². The van der Waals surface area contributed by atoms with E-state index >= 15 is 0 Å². The van der Waals surface area contributed by atoms with Crippen LogP contribution in [0.4, 0.5) is 5.13 Å². The number of carbonyl (C=O) groups excluding carboxylic acids is 1. The molecule has 0 spiro atoms. The number of aryl methyl sites for hydroxylation is 2. The molecule has 0 saturated carbocycles. The van der Waals surface area contributed by atoms with Crippen LogP contribution < -0.4 is 14.8 Å². The van der Waals surface area contributed by atoms with E-state index in [-0.39, 0.29) is 5.91 Å². The molecule has 0 bridgehead atoms. The Morgan fingerprint density at radius 3 is 2.50 bits per heavy atom. The van der Waals surface area contributed by atoms with Gasteiger partial charge in [-0.25, -0.2) is 4.98 Å². The second-order valence-corrected chi connectivity index (χ2v) is 6.88. The molecule has 2 rings (SSSR count). The van der Waals surface area contributed by atoms with Crippen molar-refractivity contribution in [3.63, 3.8) is 0 Å². The van der Waals surface area contributed by atoms with E-state index < -0.39 is 0 Å². The molecule has 0 aliphatic heterocycles. The second-order valence-electron chi connectivity index (χ2n) is 4.52. The molecule has 1 heterocycles. The zero-order valence-corrected chi connectivity index (χ0v) is 15.8. The highest BCUT2D eigenvalue weighted by Crippen LogP contribution is 2.32. The van der Waals surface area contributed by atoms with Gasteiger partial charge in [0.1, 0.15) is 0 Å². The van der Waals surface area contributed by atoms with Crippen molar-refractivity contribution in [3.8, 4) is 11.5 Å². The number of ether oxygens (including phenoxy) is 2. The number of thiazole rings is 1. The maximum Gasteiger partial charge on any atom is 0.258 e. The Kier molecular flexibility index (Phi) is 5.63. The quantitative estimate of drug-likeness (QED) is 0.729. The van der Waals surface area contributed by atoms with Crippen molar-refractivity contribution in [2.75, 3.05) is 19.5 Å². The zero-order valence-electron chi connectivity index (χ0n) is 12.8. The molecule has 22 heavy (non-hydrogen) atoms. The Balaban J connectivity index is 2.28. The lowest BCUT2D eigenvalue weighted by molar-refractivity contribution is 0.102. The van der Waals surface area contributed by atoms with Crippen LogP contribution in [0.25, 0.3) is 0 Å². The minimum Gasteiger partial charge on any atom is -0.493 e. The number of amides is 1. The van der Waals surface area contributed by atoms with E-state index in [2.05, 4.69) is 32.9 Å². The van der Waals surface area contributed by atoms with Gasteiger partial charge in [0, 0.05) is 8.45 Å². The number of rotatable bonds is 5. The summed E-state index contributed by atoms with van der Waals surface area (Å²) < 4.78 is 11.3. The standard InChI is InChI=1S/C15H17IN2O3S/c1-5-11-8(2)22-15(17-11)18-14(19)9-6-12(20-3)13(21-4)7-10(9)16/h6-7H,5H2,1-4H3,(H,17,18,19). The highest BCUT2D eigenvalue weighted by Gasteiger charge is 2.17. The molecule has 5 nitrogen and oxygen atoms in total. The van der Waals surface area contributed by atoms with Gasteiger partial charge in [-0.1, -0.05) is 6.92 Å². The maximum atomic E-state index is 12.5. The van der Waals surface area contributed by atoms with Crippen LogP contribution in [0.1, 0.15) is 27.9 Å². The molecule has 0 fully saturated rings. The monoisotopic (exact) mass is 432 g/mol. The van der Waals surface area contributed by atoms with Gasteiger partial charge in [0.15, 0.2) is 16.6 Å². The molecule has 1 amide bonds. The molecule has 1 aromatic carbocycles. The Morgan fingerprint density at radius 2 is 1.95 bits per heavy atom. The van der Waals surface area contributed by atoms with Gasteiger partial charge >= 0.3 is 0 Å². The molecule has 2 aromatic rings. The van der Waals surface area contributed by atoms with E-state index in [4.69, 9.17) is 9.47 Å². The third-order valence-electron chi connectivity index (χ3n) is 3.17. The average Bonchev–Trinajstić information content (AvgIpc) is 2.86. The maximum absolute atomic E-state index is 12.5. The van der Waals surface area contributed by atoms with Crippen LogP contribution in [-0.2, 0) is 6.42 Å². The minimum absolute atomic E-state index is 0.207. The molecular formula is C15H17IN2O3S. The third kappa shape index (κ3) is 3.52. The summed E-state index contributed by atoms with van der Waals surface area (Å²) in [5.74, 6) is 0.918. The Bertz CT molecular complexity index is 700. The first-order valence-electron chi connectivity index (χ1n) is 6.69. The first-order chi connectivity index (χ1) is 10.5. The van der Waals surface area contributed by atoms with Crippen molar-refractivity contribution in [3.05, 3.63) is 31.8 Å². The van der Waals surface area contributed by atoms with Gasteiger partial charge in [-0.3, -0.25) is 10.1 Å². The lowest BCUT2D eigenvalue weighted by atomic mass is 10.2. The molecule has 0 saturated heterocycles. The fourth-order valence-corrected chi connectivity index (χ4v) is 3.58. The summed E-state index contributed by atoms with van der Waals surface area (Å²) >= 11 is 3.59. The number of aromatic nitrogens is 1. The summed E-state index contributed by atoms with van der Waals surface area (Å²) in [6.07, 6.45) is 0.853. The molecule has 0 atom stereocenters. The smallest absolute Gasteiger partial charge is 0.258 e. The molecule has 0 unspecified atom stereocenters. The number of hydrogen-bond acceptors (Lipinski definition) is 5. The van der Waals surface area contributed by atoms with Crippen LogP contribution in [0.15, 0.2) is 12.1 Å². The van der Waals surface area contributed by atoms with Gasteiger partial charge < -0.3 is 9.47 Å². The predicted molar refractivity (Wildman–Crippen MR) is 96.4 cm³/mol. The van der Waals surface area contributed by atoms with E-state index in [1.54, 1.807) is 26.4 Å². The molecule has 7 heteroatoms. The van der Waals surface area contributed by atoms with E-state index in [0.29, 0.717) is 22.2 Å². The summed E-state index contributed by atoms with van der Waals surface area (Å²) in [7, 11) is 3.11. The molecule has 0 aliphatic rings. The highest BCUT2D eigenvalue weighted by molar-refractivity contribution is 14.1. The first kappa shape index (κ1) is 17.0. The van der Waals surface area contributed by atoms with Crippen LogP contribution in [-0.4, -0.2) is 25.1 Å². The van der Waals surface area contributed by atoms with E-state index in [0.717, 1.165) is 20.6 Å². The van der Waals surface area contributed by atoms with E-state index in [1.165, 1.54) is 11.3 Å². The summed E-state index contributed by atoms with van der Waals surface area (Å²) in [4.78, 5) is 18.0. The Morgan fingerprint density at radius 1 is 1.32 bits per heavy atom. The Labute approximate surface area is 147 Å². The molecule has 0 aliphatic carbocycles. The van der Waals surface area contributed by atoms with Crippen molar-refractivity contribution < 1.29 is 14.3 Å². The lowest BCUT2D eigenvalue weighted by Crippen LogP contribution is -2.13. The van der Waals surface area contributed by atoms with Crippen LogP contribution in [0.3, 0.4) is 0 Å². The number of methoxy groups -OCH3 is 2. The molecular weight excluding hydrogens is 415 g/mol. The SMILES string of the molecule is CCc1nc(NC(=O)c2cc(OC)c(OC)cc2I)sc1C. The number of benzene rings is 1. The van der Waals surface area contributed by atoms with Crippen LogP contribution in [0.5, 0.6) is 11.5 Å². The third-order valence-corrected chi connectivity index (χ3v) is 4.99. The van der Waals surface area contributed by atoms with Gasteiger partial charge in [-0.15, -0.1) is 11.3 Å². The van der Waals surface area contributed by atoms with Crippen molar-refractivity contribution in [1.82, 2.24) is 4.98 Å². The fraction of sp³-hybridized carbons (Fsp3) is 0.333. The fourth-order valence-electron chi connectivity index (χ4n) is 2.00. The number of carbonyl (C=O) groups is 1.